The molecule has 160 valence electrons. The highest BCUT2D eigenvalue weighted by molar-refractivity contribution is 6.32. The van der Waals surface area contributed by atoms with Crippen LogP contribution in [0.3, 0.4) is 0 Å². The molecule has 1 aliphatic carbocycles. The van der Waals surface area contributed by atoms with Crippen molar-refractivity contribution in [3.63, 3.8) is 0 Å². The minimum absolute atomic E-state index is 0.0628. The van der Waals surface area contributed by atoms with Gasteiger partial charge in [0.05, 0.1) is 5.56 Å². The van der Waals surface area contributed by atoms with Crippen molar-refractivity contribution in [2.45, 2.75) is 58.9 Å². The van der Waals surface area contributed by atoms with Gasteiger partial charge in [0.15, 0.2) is 5.76 Å². The first-order valence-corrected chi connectivity index (χ1v) is 10.8. The summed E-state index contributed by atoms with van der Waals surface area (Å²) in [6.07, 6.45) is 4.36. The van der Waals surface area contributed by atoms with Crippen LogP contribution in [0.1, 0.15) is 76.5 Å². The predicted molar refractivity (Wildman–Crippen MR) is 118 cm³/mol. The molecule has 2 aromatic heterocycles. The van der Waals surface area contributed by atoms with E-state index >= 15 is 0 Å². The second-order valence-electron chi connectivity index (χ2n) is 8.26. The number of rotatable bonds is 3. The maximum absolute atomic E-state index is 13.6. The molecule has 1 saturated carbocycles. The number of aromatic nitrogens is 1. The van der Waals surface area contributed by atoms with E-state index in [1.807, 2.05) is 13.0 Å². The minimum Gasteiger partial charge on any atom is -0.494 e. The smallest absolute Gasteiger partial charge is 0.271 e. The van der Waals surface area contributed by atoms with Crippen molar-refractivity contribution < 1.29 is 14.3 Å². The highest BCUT2D eigenvalue weighted by Crippen LogP contribution is 2.36. The number of fused-ring (bicyclic) bond motifs is 1. The first kappa shape index (κ1) is 21.2. The molecule has 1 N–H and O–H groups in total. The maximum atomic E-state index is 13.6. The summed E-state index contributed by atoms with van der Waals surface area (Å²) in [4.78, 5) is 26.5. The van der Waals surface area contributed by atoms with Gasteiger partial charge >= 0.3 is 0 Å². The number of hydrogen-bond donors (Lipinski definition) is 1. The fourth-order valence-electron chi connectivity index (χ4n) is 4.54. The van der Waals surface area contributed by atoms with Crippen LogP contribution in [0, 0.1) is 32.1 Å². The first-order valence-electron chi connectivity index (χ1n) is 10.4. The van der Waals surface area contributed by atoms with Crippen molar-refractivity contribution >= 4 is 28.4 Å². The Morgan fingerprint density at radius 3 is 2.52 bits per heavy atom. The zero-order valence-electron chi connectivity index (χ0n) is 17.7. The molecule has 4 rings (SSSR count). The fourth-order valence-corrected chi connectivity index (χ4v) is 4.71. The maximum Gasteiger partial charge on any atom is 0.271 e. The van der Waals surface area contributed by atoms with E-state index in [9.17, 15) is 20.0 Å². The van der Waals surface area contributed by atoms with Gasteiger partial charge in [-0.25, -0.2) is 0 Å². The Morgan fingerprint density at radius 2 is 1.87 bits per heavy atom. The molecule has 0 unspecified atom stereocenters. The van der Waals surface area contributed by atoms with Crippen molar-refractivity contribution in [1.82, 2.24) is 4.57 Å². The van der Waals surface area contributed by atoms with Gasteiger partial charge in [-0.05, 0) is 56.9 Å². The topological polar surface area (TPSA) is 96.2 Å². The van der Waals surface area contributed by atoms with Crippen molar-refractivity contribution in [2.75, 3.05) is 0 Å². The molecule has 2 heterocycles. The lowest BCUT2D eigenvalue weighted by atomic mass is 9.93. The van der Waals surface area contributed by atoms with Gasteiger partial charge in [0.25, 0.3) is 5.56 Å². The predicted octanol–water partition coefficient (Wildman–Crippen LogP) is 5.49. The molecule has 1 aromatic carbocycles. The van der Waals surface area contributed by atoms with Gasteiger partial charge in [-0.2, -0.15) is 5.26 Å². The molecule has 0 aliphatic heterocycles. The Labute approximate surface area is 184 Å². The van der Waals surface area contributed by atoms with Gasteiger partial charge in [-0.3, -0.25) is 14.2 Å². The average molecular weight is 439 g/mol. The van der Waals surface area contributed by atoms with Gasteiger partial charge in [-0.15, -0.1) is 0 Å². The third-order valence-corrected chi connectivity index (χ3v) is 6.74. The molecular formula is C24H23ClN2O4. The van der Waals surface area contributed by atoms with Crippen LogP contribution >= 0.6 is 11.6 Å². The Kier molecular flexibility index (Phi) is 5.40. The van der Waals surface area contributed by atoms with E-state index in [1.165, 1.54) is 11.5 Å². The van der Waals surface area contributed by atoms with Crippen LogP contribution in [0.2, 0.25) is 5.02 Å². The molecule has 0 spiro atoms. The Bertz CT molecular complexity index is 1320. The molecule has 6 nitrogen and oxygen atoms in total. The highest BCUT2D eigenvalue weighted by Gasteiger charge is 2.31. The molecule has 0 saturated heterocycles. The van der Waals surface area contributed by atoms with Crippen molar-refractivity contribution in [1.29, 1.82) is 5.26 Å². The quantitative estimate of drug-likeness (QED) is 0.545. The number of aromatic hydroxyl groups is 1. The van der Waals surface area contributed by atoms with Gasteiger partial charge in [-0.1, -0.05) is 30.9 Å². The molecule has 1 aliphatic rings. The Morgan fingerprint density at radius 1 is 1.19 bits per heavy atom. The zero-order chi connectivity index (χ0) is 22.4. The summed E-state index contributed by atoms with van der Waals surface area (Å²) in [5.41, 5.74) is 1.35. The highest BCUT2D eigenvalue weighted by atomic mass is 35.5. The van der Waals surface area contributed by atoms with Gasteiger partial charge in [0.2, 0.25) is 11.7 Å². The third-order valence-electron chi connectivity index (χ3n) is 6.34. The SMILES string of the molecule is Cc1cc2oc(C(=O)c3c(C)c(C#N)c(=O)n(C4CCCCC4)c3O)c(C)c2cc1Cl. The summed E-state index contributed by atoms with van der Waals surface area (Å²) in [7, 11) is 0. The van der Waals surface area contributed by atoms with E-state index in [0.29, 0.717) is 21.6 Å². The number of halogens is 1. The van der Waals surface area contributed by atoms with Crippen molar-refractivity contribution in [3.8, 4) is 11.9 Å². The number of hydrogen-bond acceptors (Lipinski definition) is 5. The van der Waals surface area contributed by atoms with Gasteiger partial charge in [0.1, 0.15) is 17.2 Å². The molecule has 0 radical (unpaired) electrons. The van der Waals surface area contributed by atoms with Crippen molar-refractivity contribution in [3.05, 3.63) is 61.1 Å². The first-order chi connectivity index (χ1) is 14.8. The molecule has 7 heteroatoms. The van der Waals surface area contributed by atoms with Crippen LogP contribution in [0.5, 0.6) is 5.88 Å². The number of benzene rings is 1. The fraction of sp³-hybridized carbons (Fsp3) is 0.375. The molecule has 0 atom stereocenters. The summed E-state index contributed by atoms with van der Waals surface area (Å²) in [6, 6.07) is 5.20. The molecule has 0 bridgehead atoms. The molecule has 3 aromatic rings. The second kappa shape index (κ2) is 7.90. The summed E-state index contributed by atoms with van der Waals surface area (Å²) in [5, 5.41) is 22.0. The van der Waals surface area contributed by atoms with E-state index in [2.05, 4.69) is 0 Å². The van der Waals surface area contributed by atoms with E-state index < -0.39 is 17.2 Å². The summed E-state index contributed by atoms with van der Waals surface area (Å²) in [6.45, 7) is 5.10. The number of ketones is 1. The lowest BCUT2D eigenvalue weighted by molar-refractivity contribution is 0.100. The molecular weight excluding hydrogens is 416 g/mol. The number of aryl methyl sites for hydroxylation is 2. The van der Waals surface area contributed by atoms with E-state index in [1.54, 1.807) is 19.1 Å². The van der Waals surface area contributed by atoms with Crippen LogP contribution < -0.4 is 5.56 Å². The number of carbonyl (C=O) groups excluding carboxylic acids is 1. The average Bonchev–Trinajstić information content (AvgIpc) is 3.05. The minimum atomic E-state index is -0.557. The largest absolute Gasteiger partial charge is 0.494 e. The number of nitriles is 1. The lowest BCUT2D eigenvalue weighted by Gasteiger charge is -2.26. The number of furan rings is 1. The summed E-state index contributed by atoms with van der Waals surface area (Å²) < 4.78 is 7.09. The van der Waals surface area contributed by atoms with Crippen LogP contribution in [-0.2, 0) is 0 Å². The van der Waals surface area contributed by atoms with E-state index in [0.717, 1.165) is 37.7 Å². The number of nitrogens with zero attached hydrogens (tertiary/aromatic N) is 2. The van der Waals surface area contributed by atoms with Crippen molar-refractivity contribution in [2.24, 2.45) is 0 Å². The monoisotopic (exact) mass is 438 g/mol. The Hall–Kier alpha value is -3.04. The second-order valence-corrected chi connectivity index (χ2v) is 8.67. The summed E-state index contributed by atoms with van der Waals surface area (Å²) >= 11 is 6.24. The number of pyridine rings is 1. The third kappa shape index (κ3) is 3.34. The lowest BCUT2D eigenvalue weighted by Crippen LogP contribution is -2.31. The normalized spacial score (nSPS) is 14.7. The van der Waals surface area contributed by atoms with Gasteiger partial charge in [0, 0.05) is 22.0 Å². The van der Waals surface area contributed by atoms with Crippen LogP contribution in [0.15, 0.2) is 21.3 Å². The van der Waals surface area contributed by atoms with Gasteiger partial charge < -0.3 is 9.52 Å². The van der Waals surface area contributed by atoms with Crippen LogP contribution in [-0.4, -0.2) is 15.5 Å². The zero-order valence-corrected chi connectivity index (χ0v) is 18.5. The molecule has 31 heavy (non-hydrogen) atoms. The standard InChI is InChI=1S/C24H23ClN2O4/c1-12-9-19-16(10-18(12)25)14(3)22(31-19)21(28)20-13(2)17(11-26)23(29)27(24(20)30)15-7-5-4-6-8-15/h9-10,15,30H,4-8H2,1-3H3. The molecule has 1 fully saturated rings. The van der Waals surface area contributed by atoms with Crippen LogP contribution in [0.25, 0.3) is 11.0 Å². The van der Waals surface area contributed by atoms with Crippen LogP contribution in [0.4, 0.5) is 0 Å². The number of carbonyl (C=O) groups is 1. The Balaban J connectivity index is 1.95. The molecule has 0 amide bonds. The summed E-state index contributed by atoms with van der Waals surface area (Å²) in [5.74, 6) is -0.890. The van der Waals surface area contributed by atoms with E-state index in [-0.39, 0.29) is 28.5 Å². The van der Waals surface area contributed by atoms with E-state index in [4.69, 9.17) is 16.0 Å².